The topological polar surface area (TPSA) is 46.4 Å². The normalized spacial score (nSPS) is 18.6. The molecular weight excluding hydrogens is 216 g/mol. The van der Waals surface area contributed by atoms with Crippen LogP contribution >= 0.6 is 0 Å². The van der Waals surface area contributed by atoms with Crippen LogP contribution in [-0.4, -0.2) is 24.1 Å². The van der Waals surface area contributed by atoms with Crippen LogP contribution in [0.25, 0.3) is 0 Å². The molecule has 4 nitrogen and oxygen atoms in total. The summed E-state index contributed by atoms with van der Waals surface area (Å²) in [6, 6.07) is 8.10. The van der Waals surface area contributed by atoms with Crippen LogP contribution in [0.3, 0.4) is 0 Å². The second kappa shape index (κ2) is 4.99. The van der Waals surface area contributed by atoms with E-state index < -0.39 is 0 Å². The summed E-state index contributed by atoms with van der Waals surface area (Å²) in [6.45, 7) is 4.39. The molecule has 0 aromatic heterocycles. The van der Waals surface area contributed by atoms with Crippen LogP contribution in [0.4, 0.5) is 5.69 Å². The SMILES string of the molecule is C=CCN1c2ccccc2CCC1C[N+](=O)[O-]. The summed E-state index contributed by atoms with van der Waals surface area (Å²) in [5.41, 5.74) is 2.39. The Morgan fingerprint density at radius 3 is 3.00 bits per heavy atom. The van der Waals surface area contributed by atoms with Crippen LogP contribution in [0.1, 0.15) is 12.0 Å². The quantitative estimate of drug-likeness (QED) is 0.454. The van der Waals surface area contributed by atoms with Crippen molar-refractivity contribution < 1.29 is 4.92 Å². The van der Waals surface area contributed by atoms with Gasteiger partial charge < -0.3 is 4.90 Å². The van der Waals surface area contributed by atoms with Gasteiger partial charge in [-0.25, -0.2) is 0 Å². The molecule has 4 heteroatoms. The monoisotopic (exact) mass is 232 g/mol. The third-order valence-electron chi connectivity index (χ3n) is 3.17. The molecule has 0 amide bonds. The highest BCUT2D eigenvalue weighted by Crippen LogP contribution is 2.30. The number of fused-ring (bicyclic) bond motifs is 1. The summed E-state index contributed by atoms with van der Waals surface area (Å²) in [7, 11) is 0. The van der Waals surface area contributed by atoms with Crippen LogP contribution in [0.15, 0.2) is 36.9 Å². The number of para-hydroxylation sites is 1. The van der Waals surface area contributed by atoms with Crippen LogP contribution in [0.2, 0.25) is 0 Å². The summed E-state index contributed by atoms with van der Waals surface area (Å²) in [5, 5.41) is 10.7. The predicted molar refractivity (Wildman–Crippen MR) is 68.0 cm³/mol. The van der Waals surface area contributed by atoms with Gasteiger partial charge in [0.2, 0.25) is 6.54 Å². The van der Waals surface area contributed by atoms with E-state index in [1.165, 1.54) is 5.56 Å². The molecule has 0 fully saturated rings. The molecule has 0 saturated carbocycles. The zero-order valence-corrected chi connectivity index (χ0v) is 9.71. The summed E-state index contributed by atoms with van der Waals surface area (Å²) in [5.74, 6) is 0. The summed E-state index contributed by atoms with van der Waals surface area (Å²) < 4.78 is 0. The van der Waals surface area contributed by atoms with Gasteiger partial charge in [-0.1, -0.05) is 24.3 Å². The third kappa shape index (κ3) is 2.46. The summed E-state index contributed by atoms with van der Waals surface area (Å²) in [4.78, 5) is 12.5. The maximum Gasteiger partial charge on any atom is 0.223 e. The smallest absolute Gasteiger partial charge is 0.223 e. The summed E-state index contributed by atoms with van der Waals surface area (Å²) in [6.07, 6.45) is 3.56. The van der Waals surface area contributed by atoms with Gasteiger partial charge in [-0.3, -0.25) is 10.1 Å². The van der Waals surface area contributed by atoms with Crippen molar-refractivity contribution in [1.82, 2.24) is 0 Å². The first-order valence-corrected chi connectivity index (χ1v) is 5.79. The largest absolute Gasteiger partial charge is 0.358 e. The minimum atomic E-state index is -0.227. The van der Waals surface area contributed by atoms with E-state index in [9.17, 15) is 10.1 Å². The van der Waals surface area contributed by atoms with Gasteiger partial charge in [0, 0.05) is 17.2 Å². The number of benzene rings is 1. The highest BCUT2D eigenvalue weighted by molar-refractivity contribution is 5.56. The number of aryl methyl sites for hydroxylation is 1. The Balaban J connectivity index is 2.28. The van der Waals surface area contributed by atoms with Crippen molar-refractivity contribution in [2.45, 2.75) is 18.9 Å². The molecule has 0 bridgehead atoms. The van der Waals surface area contributed by atoms with Gasteiger partial charge in [0.15, 0.2) is 0 Å². The molecule has 1 aromatic rings. The van der Waals surface area contributed by atoms with E-state index in [0.29, 0.717) is 6.54 Å². The maximum absolute atomic E-state index is 10.7. The first-order valence-electron chi connectivity index (χ1n) is 5.79. The van der Waals surface area contributed by atoms with Crippen LogP contribution in [0, 0.1) is 10.1 Å². The number of nitro groups is 1. The molecule has 0 saturated heterocycles. The van der Waals surface area contributed by atoms with Gasteiger partial charge in [-0.2, -0.15) is 0 Å². The van der Waals surface area contributed by atoms with E-state index in [-0.39, 0.29) is 17.5 Å². The van der Waals surface area contributed by atoms with E-state index in [1.807, 2.05) is 18.2 Å². The van der Waals surface area contributed by atoms with Crippen LogP contribution < -0.4 is 4.90 Å². The van der Waals surface area contributed by atoms with Crippen molar-refractivity contribution >= 4 is 5.69 Å². The molecule has 0 spiro atoms. The van der Waals surface area contributed by atoms with E-state index in [4.69, 9.17) is 0 Å². The molecule has 1 atom stereocenters. The van der Waals surface area contributed by atoms with Crippen LogP contribution in [-0.2, 0) is 6.42 Å². The molecule has 2 rings (SSSR count). The Hall–Kier alpha value is -1.84. The van der Waals surface area contributed by atoms with Crippen molar-refractivity contribution in [3.05, 3.63) is 52.6 Å². The van der Waals surface area contributed by atoms with E-state index in [1.54, 1.807) is 6.08 Å². The molecule has 1 unspecified atom stereocenters. The molecule has 0 aliphatic carbocycles. The Labute approximate surface area is 101 Å². The van der Waals surface area contributed by atoms with E-state index in [0.717, 1.165) is 18.5 Å². The maximum atomic E-state index is 10.7. The zero-order valence-electron chi connectivity index (χ0n) is 9.71. The fourth-order valence-corrected chi connectivity index (χ4v) is 2.43. The van der Waals surface area contributed by atoms with Crippen LogP contribution in [0.5, 0.6) is 0 Å². The van der Waals surface area contributed by atoms with Crippen molar-refractivity contribution in [1.29, 1.82) is 0 Å². The molecule has 0 radical (unpaired) electrons. The lowest BCUT2D eigenvalue weighted by atomic mass is 9.95. The summed E-state index contributed by atoms with van der Waals surface area (Å²) >= 11 is 0. The average Bonchev–Trinajstić information content (AvgIpc) is 2.32. The highest BCUT2D eigenvalue weighted by Gasteiger charge is 2.28. The molecule has 1 aliphatic rings. The number of nitrogens with zero attached hydrogens (tertiary/aromatic N) is 2. The van der Waals surface area contributed by atoms with Gasteiger partial charge in [0.1, 0.15) is 0 Å². The predicted octanol–water partition coefficient (Wildman–Crippen LogP) is 2.27. The number of rotatable bonds is 4. The van der Waals surface area contributed by atoms with Crippen molar-refractivity contribution in [2.24, 2.45) is 0 Å². The lowest BCUT2D eigenvalue weighted by molar-refractivity contribution is -0.482. The Bertz CT molecular complexity index is 431. The lowest BCUT2D eigenvalue weighted by Crippen LogP contribution is -2.43. The zero-order chi connectivity index (χ0) is 12.3. The van der Waals surface area contributed by atoms with Gasteiger partial charge in [0.05, 0.1) is 6.04 Å². The fourth-order valence-electron chi connectivity index (χ4n) is 2.43. The van der Waals surface area contributed by atoms with Gasteiger partial charge in [-0.05, 0) is 24.5 Å². The molecular formula is C13H16N2O2. The minimum absolute atomic E-state index is 0.00216. The number of hydrogen-bond donors (Lipinski definition) is 0. The second-order valence-corrected chi connectivity index (χ2v) is 4.28. The number of anilines is 1. The standard InChI is InChI=1S/C13H16N2O2/c1-2-9-14-12(10-15(16)17)8-7-11-5-3-4-6-13(11)14/h2-6,12H,1,7-10H2. The Morgan fingerprint density at radius 1 is 1.53 bits per heavy atom. The van der Waals surface area contributed by atoms with Gasteiger partial charge >= 0.3 is 0 Å². The molecule has 1 aromatic carbocycles. The minimum Gasteiger partial charge on any atom is -0.358 e. The first kappa shape index (κ1) is 11.6. The fraction of sp³-hybridized carbons (Fsp3) is 0.385. The van der Waals surface area contributed by atoms with E-state index in [2.05, 4.69) is 17.5 Å². The lowest BCUT2D eigenvalue weighted by Gasteiger charge is -2.36. The molecule has 1 heterocycles. The van der Waals surface area contributed by atoms with Crippen molar-refractivity contribution in [3.63, 3.8) is 0 Å². The van der Waals surface area contributed by atoms with Crippen molar-refractivity contribution in [3.8, 4) is 0 Å². The van der Waals surface area contributed by atoms with Crippen molar-refractivity contribution in [2.75, 3.05) is 18.0 Å². The van der Waals surface area contributed by atoms with Gasteiger partial charge in [0.25, 0.3) is 0 Å². The average molecular weight is 232 g/mol. The highest BCUT2D eigenvalue weighted by atomic mass is 16.6. The Kier molecular flexibility index (Phi) is 3.42. The third-order valence-corrected chi connectivity index (χ3v) is 3.17. The number of hydrogen-bond acceptors (Lipinski definition) is 3. The molecule has 17 heavy (non-hydrogen) atoms. The van der Waals surface area contributed by atoms with Gasteiger partial charge in [-0.15, -0.1) is 6.58 Å². The molecule has 0 N–H and O–H groups in total. The second-order valence-electron chi connectivity index (χ2n) is 4.28. The molecule has 1 aliphatic heterocycles. The first-order chi connectivity index (χ1) is 8.22. The van der Waals surface area contributed by atoms with E-state index >= 15 is 0 Å². The molecule has 90 valence electrons. The Morgan fingerprint density at radius 2 is 2.29 bits per heavy atom.